The first-order valence-electron chi connectivity index (χ1n) is 6.30. The van der Waals surface area contributed by atoms with Crippen LogP contribution in [0.5, 0.6) is 5.75 Å². The van der Waals surface area contributed by atoms with Crippen molar-refractivity contribution in [3.05, 3.63) is 58.9 Å². The fourth-order valence-electron chi connectivity index (χ4n) is 1.84. The predicted octanol–water partition coefficient (Wildman–Crippen LogP) is 2.31. The van der Waals surface area contributed by atoms with Crippen LogP contribution in [0.2, 0.25) is 0 Å². The van der Waals surface area contributed by atoms with Gasteiger partial charge in [-0.3, -0.25) is 0 Å². The van der Waals surface area contributed by atoms with E-state index in [2.05, 4.69) is 4.98 Å². The lowest BCUT2D eigenvalue weighted by Gasteiger charge is -2.10. The molecule has 0 amide bonds. The molecule has 4 nitrogen and oxygen atoms in total. The van der Waals surface area contributed by atoms with Gasteiger partial charge in [0.05, 0.1) is 0 Å². The summed E-state index contributed by atoms with van der Waals surface area (Å²) in [5.41, 5.74) is 6.66. The van der Waals surface area contributed by atoms with Gasteiger partial charge in [-0.25, -0.2) is 13.8 Å². The third kappa shape index (κ3) is 3.74. The van der Waals surface area contributed by atoms with E-state index in [1.54, 1.807) is 6.07 Å². The van der Waals surface area contributed by atoms with Crippen LogP contribution in [0.1, 0.15) is 16.8 Å². The molecule has 0 saturated carbocycles. The van der Waals surface area contributed by atoms with Crippen molar-refractivity contribution in [2.45, 2.75) is 13.0 Å². The lowest BCUT2D eigenvalue weighted by molar-refractivity contribution is 0.273. The molecule has 0 aliphatic rings. The molecule has 0 aliphatic heterocycles. The number of pyridine rings is 1. The molecule has 0 saturated heterocycles. The van der Waals surface area contributed by atoms with Crippen LogP contribution in [0.4, 0.5) is 8.78 Å². The minimum atomic E-state index is -0.770. The number of nitrogens with two attached hydrogens (primary N) is 1. The molecule has 0 bridgehead atoms. The van der Waals surface area contributed by atoms with Crippen LogP contribution in [-0.4, -0.2) is 11.5 Å². The summed E-state index contributed by atoms with van der Waals surface area (Å²) >= 11 is 0. The molecule has 0 fully saturated rings. The number of halogens is 2. The van der Waals surface area contributed by atoms with Gasteiger partial charge in [0.1, 0.15) is 18.4 Å². The highest BCUT2D eigenvalue weighted by Gasteiger charge is 2.13. The number of hydrogen-bond donors (Lipinski definition) is 1. The van der Waals surface area contributed by atoms with Gasteiger partial charge in [-0.15, -0.1) is 0 Å². The summed E-state index contributed by atoms with van der Waals surface area (Å²) in [4.78, 5) is 3.80. The second-order valence-corrected chi connectivity index (χ2v) is 4.38. The van der Waals surface area contributed by atoms with Gasteiger partial charge in [0.25, 0.3) is 0 Å². The smallest absolute Gasteiger partial charge is 0.191 e. The zero-order valence-electron chi connectivity index (χ0n) is 11.1. The van der Waals surface area contributed by atoms with Crippen LogP contribution in [0.25, 0.3) is 0 Å². The lowest BCUT2D eigenvalue weighted by Crippen LogP contribution is -2.05. The second kappa shape index (κ2) is 6.77. The zero-order valence-corrected chi connectivity index (χ0v) is 11.1. The lowest BCUT2D eigenvalue weighted by atomic mass is 10.1. The molecule has 2 aromatic rings. The quantitative estimate of drug-likeness (QED) is 0.916. The number of aromatic nitrogens is 1. The average Bonchev–Trinajstić information content (AvgIpc) is 2.47. The van der Waals surface area contributed by atoms with Gasteiger partial charge < -0.3 is 10.5 Å². The molecule has 2 N–H and O–H groups in total. The van der Waals surface area contributed by atoms with E-state index in [9.17, 15) is 8.78 Å². The second-order valence-electron chi connectivity index (χ2n) is 4.38. The van der Waals surface area contributed by atoms with Crippen molar-refractivity contribution in [1.29, 1.82) is 5.26 Å². The van der Waals surface area contributed by atoms with Crippen LogP contribution in [-0.2, 0) is 13.0 Å². The first-order chi connectivity index (χ1) is 10.1. The van der Waals surface area contributed by atoms with Gasteiger partial charge in [-0.2, -0.15) is 5.26 Å². The molecule has 0 unspecified atom stereocenters. The maximum atomic E-state index is 13.8. The molecular formula is C15H13F2N3O. The molecule has 1 aromatic carbocycles. The first kappa shape index (κ1) is 14.9. The Balaban J connectivity index is 2.14. The van der Waals surface area contributed by atoms with E-state index in [0.717, 1.165) is 0 Å². The summed E-state index contributed by atoms with van der Waals surface area (Å²) in [5, 5.41) is 8.73. The van der Waals surface area contributed by atoms with Gasteiger partial charge >= 0.3 is 0 Å². The van der Waals surface area contributed by atoms with E-state index < -0.39 is 17.4 Å². The largest absolute Gasteiger partial charge is 0.483 e. The van der Waals surface area contributed by atoms with Crippen LogP contribution in [0.3, 0.4) is 0 Å². The van der Waals surface area contributed by atoms with E-state index in [4.69, 9.17) is 15.7 Å². The average molecular weight is 289 g/mol. The third-order valence-electron chi connectivity index (χ3n) is 2.81. The van der Waals surface area contributed by atoms with Gasteiger partial charge in [-0.05, 0) is 48.4 Å². The van der Waals surface area contributed by atoms with Crippen molar-refractivity contribution in [2.75, 3.05) is 6.54 Å². The minimum absolute atomic E-state index is 0.0543. The van der Waals surface area contributed by atoms with Crippen LogP contribution in [0, 0.1) is 23.0 Å². The van der Waals surface area contributed by atoms with Crippen LogP contribution < -0.4 is 10.5 Å². The predicted molar refractivity (Wildman–Crippen MR) is 72.4 cm³/mol. The summed E-state index contributed by atoms with van der Waals surface area (Å²) in [6.07, 6.45) is 1.83. The molecular weight excluding hydrogens is 276 g/mol. The number of rotatable bonds is 5. The molecule has 1 heterocycles. The molecule has 0 aliphatic carbocycles. The Kier molecular flexibility index (Phi) is 4.80. The molecule has 21 heavy (non-hydrogen) atoms. The van der Waals surface area contributed by atoms with Crippen molar-refractivity contribution >= 4 is 0 Å². The monoisotopic (exact) mass is 289 g/mol. The highest BCUT2D eigenvalue weighted by atomic mass is 19.1. The van der Waals surface area contributed by atoms with Crippen molar-refractivity contribution in [1.82, 2.24) is 4.98 Å². The molecule has 1 aromatic heterocycles. The van der Waals surface area contributed by atoms with Crippen LogP contribution in [0.15, 0.2) is 30.5 Å². The minimum Gasteiger partial charge on any atom is -0.483 e. The van der Waals surface area contributed by atoms with E-state index in [-0.39, 0.29) is 12.3 Å². The zero-order chi connectivity index (χ0) is 15.2. The Hall–Kier alpha value is -2.52. The van der Waals surface area contributed by atoms with Gasteiger partial charge in [0.2, 0.25) is 0 Å². The molecule has 6 heteroatoms. The van der Waals surface area contributed by atoms with Gasteiger partial charge in [0, 0.05) is 6.20 Å². The number of benzene rings is 1. The summed E-state index contributed by atoms with van der Waals surface area (Å²) < 4.78 is 32.8. The molecule has 0 radical (unpaired) electrons. The fraction of sp³-hybridized carbons (Fsp3) is 0.200. The van der Waals surface area contributed by atoms with E-state index in [1.165, 1.54) is 24.4 Å². The summed E-state index contributed by atoms with van der Waals surface area (Å²) in [6, 6.07) is 7.41. The van der Waals surface area contributed by atoms with Crippen molar-refractivity contribution in [3.63, 3.8) is 0 Å². The standard InChI is InChI=1S/C15H13F2N3O/c16-13-6-10(1-3-18)7-14(17)15(13)21-9-11-2-4-20-12(5-11)8-19/h2,4-7H,1,3,9,18H2. The Labute approximate surface area is 120 Å². The Morgan fingerprint density at radius 1 is 1.19 bits per heavy atom. The topological polar surface area (TPSA) is 71.9 Å². The highest BCUT2D eigenvalue weighted by molar-refractivity contribution is 5.32. The number of nitrogens with zero attached hydrogens (tertiary/aromatic N) is 2. The van der Waals surface area contributed by atoms with Crippen molar-refractivity contribution in [2.24, 2.45) is 5.73 Å². The van der Waals surface area contributed by atoms with E-state index in [1.807, 2.05) is 6.07 Å². The van der Waals surface area contributed by atoms with Crippen molar-refractivity contribution in [3.8, 4) is 11.8 Å². The van der Waals surface area contributed by atoms with Crippen LogP contribution >= 0.6 is 0 Å². The van der Waals surface area contributed by atoms with E-state index in [0.29, 0.717) is 24.1 Å². The highest BCUT2D eigenvalue weighted by Crippen LogP contribution is 2.24. The van der Waals surface area contributed by atoms with Gasteiger partial charge in [0.15, 0.2) is 17.4 Å². The third-order valence-corrected chi connectivity index (χ3v) is 2.81. The SMILES string of the molecule is N#Cc1cc(COc2c(F)cc(CCN)cc2F)ccn1. The normalized spacial score (nSPS) is 10.2. The maximum Gasteiger partial charge on any atom is 0.191 e. The Bertz CT molecular complexity index is 660. The number of nitriles is 1. The molecule has 0 atom stereocenters. The Morgan fingerprint density at radius 2 is 1.90 bits per heavy atom. The summed E-state index contributed by atoms with van der Waals surface area (Å²) in [6.45, 7) is 0.258. The maximum absolute atomic E-state index is 13.8. The Morgan fingerprint density at radius 3 is 2.52 bits per heavy atom. The number of hydrogen-bond acceptors (Lipinski definition) is 4. The summed E-state index contributed by atoms with van der Waals surface area (Å²) in [5.74, 6) is -1.98. The first-order valence-corrected chi connectivity index (χ1v) is 6.30. The number of ether oxygens (including phenoxy) is 1. The van der Waals surface area contributed by atoms with E-state index >= 15 is 0 Å². The molecule has 2 rings (SSSR count). The van der Waals surface area contributed by atoms with Gasteiger partial charge in [-0.1, -0.05) is 0 Å². The molecule has 108 valence electrons. The fourth-order valence-corrected chi connectivity index (χ4v) is 1.84. The molecule has 0 spiro atoms. The summed E-state index contributed by atoms with van der Waals surface area (Å²) in [7, 11) is 0. The van der Waals surface area contributed by atoms with Crippen molar-refractivity contribution < 1.29 is 13.5 Å².